The molecule has 0 fully saturated rings. The number of fused-ring (bicyclic) bond motifs is 3. The maximum absolute atomic E-state index is 13.1. The average Bonchev–Trinajstić information content (AvgIpc) is 2.72. The second-order valence-corrected chi connectivity index (χ2v) is 6.68. The molecule has 3 aromatic carbocycles. The van der Waals surface area contributed by atoms with Crippen molar-refractivity contribution in [3.63, 3.8) is 0 Å². The second-order valence-electron chi connectivity index (χ2n) is 6.68. The van der Waals surface area contributed by atoms with Gasteiger partial charge in [-0.15, -0.1) is 0 Å². The summed E-state index contributed by atoms with van der Waals surface area (Å²) in [6.45, 7) is 0.346. The van der Waals surface area contributed by atoms with Gasteiger partial charge in [-0.1, -0.05) is 48.5 Å². The van der Waals surface area contributed by atoms with Crippen molar-refractivity contribution in [2.45, 2.75) is 6.04 Å². The molecule has 0 unspecified atom stereocenters. The molecule has 4 nitrogen and oxygen atoms in total. The maximum atomic E-state index is 13.1. The molecule has 3 aromatic rings. The third-order valence-electron chi connectivity index (χ3n) is 5.12. The fourth-order valence-corrected chi connectivity index (χ4v) is 3.80. The van der Waals surface area contributed by atoms with E-state index in [2.05, 4.69) is 0 Å². The number of aliphatic hydroxyl groups is 1. The minimum absolute atomic E-state index is 0.0419. The summed E-state index contributed by atoms with van der Waals surface area (Å²) >= 11 is 0. The molecule has 4 heteroatoms. The Kier molecular flexibility index (Phi) is 4.35. The fraction of sp³-hybridized carbons (Fsp3) is 0.227. The van der Waals surface area contributed by atoms with Crippen LogP contribution in [0.25, 0.3) is 10.8 Å². The number of carbonyl (C=O) groups is 1. The zero-order valence-corrected chi connectivity index (χ0v) is 14.6. The van der Waals surface area contributed by atoms with Gasteiger partial charge in [0.25, 0.3) is 5.91 Å². The van der Waals surface area contributed by atoms with Gasteiger partial charge in [0.15, 0.2) is 0 Å². The molecule has 1 aliphatic rings. The van der Waals surface area contributed by atoms with Crippen molar-refractivity contribution >= 4 is 16.7 Å². The van der Waals surface area contributed by atoms with Gasteiger partial charge in [0, 0.05) is 24.1 Å². The molecule has 0 saturated heterocycles. The number of hydrogen-bond acceptors (Lipinski definition) is 3. The van der Waals surface area contributed by atoms with Crippen molar-refractivity contribution in [3.05, 3.63) is 77.9 Å². The number of amides is 1. The maximum Gasteiger partial charge on any atom is 0.254 e. The highest BCUT2D eigenvalue weighted by molar-refractivity contribution is 5.95. The minimum Gasteiger partial charge on any atom is -0.493 e. The smallest absolute Gasteiger partial charge is 0.254 e. The topological polar surface area (TPSA) is 49.8 Å². The van der Waals surface area contributed by atoms with E-state index in [1.165, 1.54) is 0 Å². The van der Waals surface area contributed by atoms with Crippen molar-refractivity contribution < 1.29 is 14.6 Å². The molecular weight excluding hydrogens is 326 g/mol. The largest absolute Gasteiger partial charge is 0.493 e. The summed E-state index contributed by atoms with van der Waals surface area (Å²) in [5.41, 5.74) is 1.61. The monoisotopic (exact) mass is 347 g/mol. The van der Waals surface area contributed by atoms with Gasteiger partial charge in [0.2, 0.25) is 0 Å². The highest BCUT2D eigenvalue weighted by Crippen LogP contribution is 2.43. The van der Waals surface area contributed by atoms with Crippen LogP contribution in [0, 0.1) is 5.92 Å². The second kappa shape index (κ2) is 6.81. The molecule has 132 valence electrons. The molecule has 1 aliphatic heterocycles. The van der Waals surface area contributed by atoms with Crippen LogP contribution in [0.15, 0.2) is 66.7 Å². The molecule has 4 rings (SSSR count). The third kappa shape index (κ3) is 2.72. The summed E-state index contributed by atoms with van der Waals surface area (Å²) in [5, 5.41) is 12.1. The molecule has 0 aromatic heterocycles. The van der Waals surface area contributed by atoms with Crippen LogP contribution in [0.5, 0.6) is 5.75 Å². The lowest BCUT2D eigenvalue weighted by Gasteiger charge is -2.39. The van der Waals surface area contributed by atoms with Crippen LogP contribution in [-0.2, 0) is 0 Å². The van der Waals surface area contributed by atoms with Crippen LogP contribution >= 0.6 is 0 Å². The van der Waals surface area contributed by atoms with Crippen LogP contribution in [-0.4, -0.2) is 36.2 Å². The minimum atomic E-state index is -0.248. The Balaban J connectivity index is 1.84. The van der Waals surface area contributed by atoms with Gasteiger partial charge < -0.3 is 14.7 Å². The molecule has 0 spiro atoms. The van der Waals surface area contributed by atoms with Gasteiger partial charge >= 0.3 is 0 Å². The predicted octanol–water partition coefficient (Wildman–Crippen LogP) is 3.65. The van der Waals surface area contributed by atoms with E-state index in [1.54, 1.807) is 11.9 Å². The zero-order valence-electron chi connectivity index (χ0n) is 14.6. The molecular formula is C22H21NO3. The summed E-state index contributed by atoms with van der Waals surface area (Å²) in [7, 11) is 1.81. The number of aliphatic hydroxyl groups excluding tert-OH is 1. The summed E-state index contributed by atoms with van der Waals surface area (Å²) < 4.78 is 5.90. The van der Waals surface area contributed by atoms with Crippen molar-refractivity contribution in [3.8, 4) is 5.75 Å². The molecule has 2 atom stereocenters. The number of hydrogen-bond donors (Lipinski definition) is 1. The molecule has 0 bridgehead atoms. The molecule has 26 heavy (non-hydrogen) atoms. The lowest BCUT2D eigenvalue weighted by atomic mass is 9.86. The first kappa shape index (κ1) is 16.6. The van der Waals surface area contributed by atoms with Crippen LogP contribution in [0.2, 0.25) is 0 Å². The molecule has 0 radical (unpaired) electrons. The highest BCUT2D eigenvalue weighted by Gasteiger charge is 2.37. The summed E-state index contributed by atoms with van der Waals surface area (Å²) in [5.74, 6) is 0.548. The van der Waals surface area contributed by atoms with E-state index >= 15 is 0 Å². The van der Waals surface area contributed by atoms with Crippen LogP contribution < -0.4 is 4.74 Å². The first-order chi connectivity index (χ1) is 12.7. The lowest BCUT2D eigenvalue weighted by Crippen LogP contribution is -2.41. The van der Waals surface area contributed by atoms with E-state index in [0.29, 0.717) is 12.2 Å². The normalized spacial score (nSPS) is 18.8. The van der Waals surface area contributed by atoms with Gasteiger partial charge in [0.1, 0.15) is 5.75 Å². The summed E-state index contributed by atoms with van der Waals surface area (Å²) in [4.78, 5) is 14.8. The Morgan fingerprint density at radius 1 is 1.08 bits per heavy atom. The number of carbonyl (C=O) groups excluding carboxylic acids is 1. The number of ether oxygens (including phenoxy) is 1. The van der Waals surface area contributed by atoms with Crippen LogP contribution in [0.3, 0.4) is 0 Å². The van der Waals surface area contributed by atoms with E-state index in [-0.39, 0.29) is 24.5 Å². The SMILES string of the molecule is CN(C(=O)c1ccccc1)[C@H]1c2c(ccc3ccccc23)OC[C@@H]1CO. The van der Waals surface area contributed by atoms with Gasteiger partial charge in [-0.3, -0.25) is 4.79 Å². The Morgan fingerprint density at radius 2 is 1.81 bits per heavy atom. The summed E-state index contributed by atoms with van der Waals surface area (Å²) in [6, 6.07) is 21.1. The van der Waals surface area contributed by atoms with E-state index < -0.39 is 0 Å². The van der Waals surface area contributed by atoms with Gasteiger partial charge in [0.05, 0.1) is 19.3 Å². The Labute approximate surface area is 152 Å². The molecule has 1 heterocycles. The van der Waals surface area contributed by atoms with Crippen molar-refractivity contribution in [1.82, 2.24) is 4.90 Å². The molecule has 1 amide bonds. The van der Waals surface area contributed by atoms with E-state index in [1.807, 2.05) is 66.7 Å². The van der Waals surface area contributed by atoms with Gasteiger partial charge in [-0.05, 0) is 29.0 Å². The van der Waals surface area contributed by atoms with Crippen molar-refractivity contribution in [2.75, 3.05) is 20.3 Å². The first-order valence-electron chi connectivity index (χ1n) is 8.78. The quantitative estimate of drug-likeness (QED) is 0.787. The summed E-state index contributed by atoms with van der Waals surface area (Å²) in [6.07, 6.45) is 0. The number of nitrogens with zero attached hydrogens (tertiary/aromatic N) is 1. The van der Waals surface area contributed by atoms with E-state index in [9.17, 15) is 9.90 Å². The number of rotatable bonds is 3. The van der Waals surface area contributed by atoms with Crippen molar-refractivity contribution in [2.24, 2.45) is 5.92 Å². The molecule has 1 N–H and O–H groups in total. The van der Waals surface area contributed by atoms with Crippen LogP contribution in [0.4, 0.5) is 0 Å². The fourth-order valence-electron chi connectivity index (χ4n) is 3.80. The van der Waals surface area contributed by atoms with E-state index in [4.69, 9.17) is 4.74 Å². The number of benzene rings is 3. The lowest BCUT2D eigenvalue weighted by molar-refractivity contribution is 0.0435. The highest BCUT2D eigenvalue weighted by atomic mass is 16.5. The molecule has 0 saturated carbocycles. The van der Waals surface area contributed by atoms with Gasteiger partial charge in [-0.25, -0.2) is 0 Å². The first-order valence-corrected chi connectivity index (χ1v) is 8.78. The van der Waals surface area contributed by atoms with E-state index in [0.717, 1.165) is 22.1 Å². The standard InChI is InChI=1S/C22H21NO3/c1-23(22(25)16-8-3-2-4-9-16)21-17(13-24)14-26-19-12-11-15-7-5-6-10-18(15)20(19)21/h2-12,17,21,24H,13-14H2,1H3/t17-,21+/m0/s1. The average molecular weight is 347 g/mol. The Bertz CT molecular complexity index is 939. The third-order valence-corrected chi connectivity index (χ3v) is 5.12. The molecule has 0 aliphatic carbocycles. The van der Waals surface area contributed by atoms with Gasteiger partial charge in [-0.2, -0.15) is 0 Å². The Hall–Kier alpha value is -2.85. The van der Waals surface area contributed by atoms with Crippen LogP contribution in [0.1, 0.15) is 22.0 Å². The Morgan fingerprint density at radius 3 is 2.58 bits per heavy atom. The predicted molar refractivity (Wildman–Crippen MR) is 101 cm³/mol. The van der Waals surface area contributed by atoms with Crippen molar-refractivity contribution in [1.29, 1.82) is 0 Å². The zero-order chi connectivity index (χ0) is 18.1.